The van der Waals surface area contributed by atoms with Crippen LogP contribution in [0.15, 0.2) is 47.6 Å². The third kappa shape index (κ3) is 4.64. The van der Waals surface area contributed by atoms with Crippen LogP contribution in [-0.2, 0) is 14.4 Å². The molecule has 0 aliphatic carbocycles. The monoisotopic (exact) mass is 387 g/mol. The van der Waals surface area contributed by atoms with Gasteiger partial charge in [-0.3, -0.25) is 4.79 Å². The van der Waals surface area contributed by atoms with E-state index in [1.165, 1.54) is 31.2 Å². The van der Waals surface area contributed by atoms with E-state index in [9.17, 15) is 14.0 Å². The maximum absolute atomic E-state index is 12.9. The van der Waals surface area contributed by atoms with Gasteiger partial charge in [-0.15, -0.1) is 0 Å². The third-order valence-corrected chi connectivity index (χ3v) is 3.98. The molecule has 3 rings (SSSR count). The van der Waals surface area contributed by atoms with E-state index >= 15 is 0 Å². The number of ether oxygens (including phenoxy) is 3. The largest absolute Gasteiger partial charge is 0.454 e. The molecule has 1 unspecified atom stereocenters. The van der Waals surface area contributed by atoms with Crippen LogP contribution in [0.4, 0.5) is 4.39 Å². The van der Waals surface area contributed by atoms with Gasteiger partial charge < -0.3 is 19.0 Å². The van der Waals surface area contributed by atoms with Crippen LogP contribution in [0.2, 0.25) is 0 Å². The van der Waals surface area contributed by atoms with Crippen molar-refractivity contribution in [3.63, 3.8) is 0 Å². The molecule has 0 radical (unpaired) electrons. The number of benzene rings is 2. The van der Waals surface area contributed by atoms with Gasteiger partial charge in [0.1, 0.15) is 5.82 Å². The first-order chi connectivity index (χ1) is 13.4. The first-order valence-electron chi connectivity index (χ1n) is 8.50. The topological polar surface area (TPSA) is 83.4 Å². The van der Waals surface area contributed by atoms with Gasteiger partial charge in [0.05, 0.1) is 5.71 Å². The summed E-state index contributed by atoms with van der Waals surface area (Å²) in [5.74, 6) is -0.371. The number of rotatable bonds is 7. The number of oxime groups is 1. The minimum atomic E-state index is -1.03. The molecule has 0 saturated heterocycles. The van der Waals surface area contributed by atoms with Gasteiger partial charge in [0.25, 0.3) is 0 Å². The summed E-state index contributed by atoms with van der Waals surface area (Å²) >= 11 is 0. The number of nitrogens with zero attached hydrogens (tertiary/aromatic N) is 1. The molecule has 0 aromatic heterocycles. The van der Waals surface area contributed by atoms with Crippen molar-refractivity contribution in [1.29, 1.82) is 0 Å². The Kier molecular flexibility index (Phi) is 5.88. The fraction of sp³-hybridized carbons (Fsp3) is 0.250. The standard InChI is InChI=1S/C20H18FNO6/c1-12(15-5-8-17-18(9-15)26-11-25-17)22-27-10-19(23)28-13(2)20(24)14-3-6-16(21)7-4-14/h3-9,13H,10-11H2,1-2H3/b22-12+. The van der Waals surface area contributed by atoms with Crippen molar-refractivity contribution >= 4 is 17.5 Å². The number of Topliss-reactive ketones (excluding diaryl/α,β-unsaturated/α-hetero) is 1. The molecule has 1 heterocycles. The summed E-state index contributed by atoms with van der Waals surface area (Å²) in [4.78, 5) is 29.0. The lowest BCUT2D eigenvalue weighted by Crippen LogP contribution is -2.26. The van der Waals surface area contributed by atoms with Gasteiger partial charge in [0, 0.05) is 11.1 Å². The molecular weight excluding hydrogens is 369 g/mol. The average molecular weight is 387 g/mol. The van der Waals surface area contributed by atoms with E-state index in [1.807, 2.05) is 0 Å². The van der Waals surface area contributed by atoms with Crippen LogP contribution in [0.1, 0.15) is 29.8 Å². The van der Waals surface area contributed by atoms with Crippen molar-refractivity contribution < 1.29 is 33.0 Å². The fourth-order valence-electron chi connectivity index (χ4n) is 2.49. The van der Waals surface area contributed by atoms with Gasteiger partial charge in [-0.25, -0.2) is 9.18 Å². The predicted molar refractivity (Wildman–Crippen MR) is 97.0 cm³/mol. The summed E-state index contributed by atoms with van der Waals surface area (Å²) in [6.07, 6.45) is -1.03. The third-order valence-electron chi connectivity index (χ3n) is 3.98. The number of halogens is 1. The molecule has 0 amide bonds. The second-order valence-electron chi connectivity index (χ2n) is 6.02. The number of fused-ring (bicyclic) bond motifs is 1. The zero-order valence-electron chi connectivity index (χ0n) is 15.3. The molecule has 0 fully saturated rings. The number of hydrogen-bond acceptors (Lipinski definition) is 7. The average Bonchev–Trinajstić information content (AvgIpc) is 3.15. The van der Waals surface area contributed by atoms with Gasteiger partial charge in [-0.05, 0) is 56.3 Å². The molecule has 2 aromatic carbocycles. The Morgan fingerprint density at radius 1 is 1.11 bits per heavy atom. The summed E-state index contributed by atoms with van der Waals surface area (Å²) in [6.45, 7) is 2.86. The van der Waals surface area contributed by atoms with Crippen molar-refractivity contribution in [3.8, 4) is 11.5 Å². The molecule has 0 saturated carbocycles. The Morgan fingerprint density at radius 2 is 1.79 bits per heavy atom. The van der Waals surface area contributed by atoms with Crippen molar-refractivity contribution in [3.05, 3.63) is 59.4 Å². The number of carbonyl (C=O) groups excluding carboxylic acids is 2. The highest BCUT2D eigenvalue weighted by Gasteiger charge is 2.20. The van der Waals surface area contributed by atoms with E-state index < -0.39 is 30.3 Å². The van der Waals surface area contributed by atoms with Crippen molar-refractivity contribution in [1.82, 2.24) is 0 Å². The Balaban J connectivity index is 1.50. The Bertz CT molecular complexity index is 909. The van der Waals surface area contributed by atoms with Crippen LogP contribution in [0, 0.1) is 5.82 Å². The van der Waals surface area contributed by atoms with Gasteiger partial charge in [-0.1, -0.05) is 5.16 Å². The van der Waals surface area contributed by atoms with Crippen LogP contribution >= 0.6 is 0 Å². The zero-order chi connectivity index (χ0) is 20.1. The number of esters is 1. The second kappa shape index (κ2) is 8.51. The molecule has 1 aliphatic heterocycles. The molecule has 0 spiro atoms. The number of ketones is 1. The molecule has 8 heteroatoms. The van der Waals surface area contributed by atoms with E-state index in [4.69, 9.17) is 19.0 Å². The summed E-state index contributed by atoms with van der Waals surface area (Å²) < 4.78 is 28.5. The van der Waals surface area contributed by atoms with Gasteiger partial charge in [0.15, 0.2) is 17.6 Å². The lowest BCUT2D eigenvalue weighted by molar-refractivity contribution is -0.151. The maximum Gasteiger partial charge on any atom is 0.347 e. The van der Waals surface area contributed by atoms with Gasteiger partial charge >= 0.3 is 5.97 Å². The Hall–Kier alpha value is -3.42. The smallest absolute Gasteiger partial charge is 0.347 e. The van der Waals surface area contributed by atoms with Gasteiger partial charge in [-0.2, -0.15) is 0 Å². The molecular formula is C20H18FNO6. The minimum absolute atomic E-state index is 0.173. The van der Waals surface area contributed by atoms with E-state index in [0.717, 1.165) is 5.56 Å². The number of hydrogen-bond donors (Lipinski definition) is 0. The highest BCUT2D eigenvalue weighted by molar-refractivity contribution is 6.00. The highest BCUT2D eigenvalue weighted by atomic mass is 19.1. The normalized spacial score (nSPS) is 13.8. The molecule has 1 aliphatic rings. The van der Waals surface area contributed by atoms with Crippen LogP contribution in [0.25, 0.3) is 0 Å². The Labute approximate surface area is 160 Å². The fourth-order valence-corrected chi connectivity index (χ4v) is 2.49. The minimum Gasteiger partial charge on any atom is -0.454 e. The van der Waals surface area contributed by atoms with Crippen LogP contribution in [0.5, 0.6) is 11.5 Å². The zero-order valence-corrected chi connectivity index (χ0v) is 15.3. The maximum atomic E-state index is 12.9. The first kappa shape index (κ1) is 19.3. The Morgan fingerprint density at radius 3 is 2.54 bits per heavy atom. The van der Waals surface area contributed by atoms with E-state index in [1.54, 1.807) is 25.1 Å². The summed E-state index contributed by atoms with van der Waals surface area (Å²) in [5, 5.41) is 3.87. The lowest BCUT2D eigenvalue weighted by Gasteiger charge is -2.12. The lowest BCUT2D eigenvalue weighted by atomic mass is 10.1. The van der Waals surface area contributed by atoms with Crippen molar-refractivity contribution in [2.75, 3.05) is 13.4 Å². The van der Waals surface area contributed by atoms with Crippen molar-refractivity contribution in [2.24, 2.45) is 5.16 Å². The molecule has 28 heavy (non-hydrogen) atoms. The van der Waals surface area contributed by atoms with Crippen LogP contribution < -0.4 is 9.47 Å². The predicted octanol–water partition coefficient (Wildman–Crippen LogP) is 3.11. The van der Waals surface area contributed by atoms with Crippen LogP contribution in [-0.4, -0.2) is 37.0 Å². The van der Waals surface area contributed by atoms with Crippen LogP contribution in [0.3, 0.4) is 0 Å². The molecule has 1 atom stereocenters. The SMILES string of the molecule is C/C(=N\OCC(=O)OC(C)C(=O)c1ccc(F)cc1)c1ccc2c(c1)OCO2. The molecule has 0 N–H and O–H groups in total. The van der Waals surface area contributed by atoms with Crippen molar-refractivity contribution in [2.45, 2.75) is 20.0 Å². The second-order valence-corrected chi connectivity index (χ2v) is 6.02. The first-order valence-corrected chi connectivity index (χ1v) is 8.50. The molecule has 0 bridgehead atoms. The number of carbonyl (C=O) groups is 2. The quantitative estimate of drug-likeness (QED) is 0.314. The van der Waals surface area contributed by atoms with Gasteiger partial charge in [0.2, 0.25) is 19.2 Å². The highest BCUT2D eigenvalue weighted by Crippen LogP contribution is 2.32. The molecule has 7 nitrogen and oxygen atoms in total. The molecule has 146 valence electrons. The summed E-state index contributed by atoms with van der Waals surface area (Å²) in [5.41, 5.74) is 1.53. The van der Waals surface area contributed by atoms with E-state index in [2.05, 4.69) is 5.16 Å². The summed E-state index contributed by atoms with van der Waals surface area (Å²) in [7, 11) is 0. The van der Waals surface area contributed by atoms with E-state index in [0.29, 0.717) is 17.2 Å². The molecule has 2 aromatic rings. The van der Waals surface area contributed by atoms with E-state index in [-0.39, 0.29) is 12.4 Å². The summed E-state index contributed by atoms with van der Waals surface area (Å²) in [6, 6.07) is 10.3.